The second-order valence-electron chi connectivity index (χ2n) is 5.07. The zero-order chi connectivity index (χ0) is 13.7. The first-order chi connectivity index (χ1) is 9.26. The van der Waals surface area contributed by atoms with Crippen molar-refractivity contribution in [1.82, 2.24) is 5.32 Å². The molecule has 0 radical (unpaired) electrons. The van der Waals surface area contributed by atoms with Crippen LogP contribution < -0.4 is 10.1 Å². The Kier molecular flexibility index (Phi) is 5.16. The minimum atomic E-state index is -0.260. The van der Waals surface area contributed by atoms with Gasteiger partial charge in [-0.15, -0.1) is 0 Å². The summed E-state index contributed by atoms with van der Waals surface area (Å²) in [5.74, 6) is 0.986. The maximum atomic E-state index is 13.8. The smallest absolute Gasteiger partial charge is 0.132 e. The highest BCUT2D eigenvalue weighted by Crippen LogP contribution is 2.30. The molecule has 1 aromatic carbocycles. The second kappa shape index (κ2) is 6.87. The standard InChI is InChI=1S/C15H22FNO2/c1-18-10-13-14(16)6-5-12(15(13)19-2)8-11-4-3-7-17-9-11/h5-6,11,17H,3-4,7-10H2,1-2H3. The molecule has 0 bridgehead atoms. The van der Waals surface area contributed by atoms with Crippen molar-refractivity contribution in [1.29, 1.82) is 0 Å². The summed E-state index contributed by atoms with van der Waals surface area (Å²) in [6, 6.07) is 3.35. The van der Waals surface area contributed by atoms with Crippen molar-refractivity contribution >= 4 is 0 Å². The molecule has 2 rings (SSSR count). The Morgan fingerprint density at radius 3 is 2.84 bits per heavy atom. The van der Waals surface area contributed by atoms with E-state index < -0.39 is 0 Å². The maximum Gasteiger partial charge on any atom is 0.132 e. The van der Waals surface area contributed by atoms with E-state index in [2.05, 4.69) is 5.32 Å². The Hall–Kier alpha value is -1.13. The molecule has 0 amide bonds. The van der Waals surface area contributed by atoms with E-state index in [0.717, 1.165) is 25.1 Å². The van der Waals surface area contributed by atoms with Crippen LogP contribution in [0.3, 0.4) is 0 Å². The molecule has 1 unspecified atom stereocenters. The van der Waals surface area contributed by atoms with Gasteiger partial charge in [0.15, 0.2) is 0 Å². The fourth-order valence-electron chi connectivity index (χ4n) is 2.76. The van der Waals surface area contributed by atoms with Crippen molar-refractivity contribution in [2.75, 3.05) is 27.3 Å². The van der Waals surface area contributed by atoms with Crippen LogP contribution in [0.25, 0.3) is 0 Å². The number of hydrogen-bond acceptors (Lipinski definition) is 3. The van der Waals surface area contributed by atoms with E-state index >= 15 is 0 Å². The Bertz CT molecular complexity index is 417. The summed E-state index contributed by atoms with van der Waals surface area (Å²) in [7, 11) is 3.16. The van der Waals surface area contributed by atoms with Gasteiger partial charge in [0.1, 0.15) is 11.6 Å². The average Bonchev–Trinajstić information content (AvgIpc) is 2.44. The maximum absolute atomic E-state index is 13.8. The molecule has 3 nitrogen and oxygen atoms in total. The quantitative estimate of drug-likeness (QED) is 0.889. The minimum Gasteiger partial charge on any atom is -0.496 e. The first-order valence-electron chi connectivity index (χ1n) is 6.80. The van der Waals surface area contributed by atoms with Gasteiger partial charge in [0.25, 0.3) is 0 Å². The SMILES string of the molecule is COCc1c(F)ccc(CC2CCCNC2)c1OC. The summed E-state index contributed by atoms with van der Waals surface area (Å²) in [4.78, 5) is 0. The van der Waals surface area contributed by atoms with Gasteiger partial charge < -0.3 is 14.8 Å². The molecule has 1 saturated heterocycles. The molecular formula is C15H22FNO2. The van der Waals surface area contributed by atoms with Crippen molar-refractivity contribution in [3.63, 3.8) is 0 Å². The third kappa shape index (κ3) is 3.45. The highest BCUT2D eigenvalue weighted by Gasteiger charge is 2.19. The first kappa shape index (κ1) is 14.3. The Balaban J connectivity index is 2.21. The van der Waals surface area contributed by atoms with Crippen LogP contribution in [-0.4, -0.2) is 27.3 Å². The zero-order valence-corrected chi connectivity index (χ0v) is 11.7. The molecule has 1 aliphatic rings. The number of ether oxygens (including phenoxy) is 2. The van der Waals surface area contributed by atoms with Gasteiger partial charge in [-0.05, 0) is 49.9 Å². The van der Waals surface area contributed by atoms with Crippen LogP contribution in [-0.2, 0) is 17.8 Å². The summed E-state index contributed by atoms with van der Waals surface area (Å²) >= 11 is 0. The van der Waals surface area contributed by atoms with Crippen LogP contribution in [0.15, 0.2) is 12.1 Å². The van der Waals surface area contributed by atoms with E-state index in [4.69, 9.17) is 9.47 Å². The van der Waals surface area contributed by atoms with Crippen LogP contribution in [0.5, 0.6) is 5.75 Å². The molecule has 0 saturated carbocycles. The number of rotatable bonds is 5. The van der Waals surface area contributed by atoms with Crippen LogP contribution in [0.4, 0.5) is 4.39 Å². The largest absolute Gasteiger partial charge is 0.496 e. The normalized spacial score (nSPS) is 19.4. The Labute approximate surface area is 114 Å². The molecule has 1 fully saturated rings. The molecule has 1 heterocycles. The van der Waals surface area contributed by atoms with Gasteiger partial charge in [0, 0.05) is 7.11 Å². The van der Waals surface area contributed by atoms with Crippen molar-refractivity contribution in [2.24, 2.45) is 5.92 Å². The number of halogens is 1. The molecule has 1 N–H and O–H groups in total. The fraction of sp³-hybridized carbons (Fsp3) is 0.600. The topological polar surface area (TPSA) is 30.5 Å². The molecule has 19 heavy (non-hydrogen) atoms. The monoisotopic (exact) mass is 267 g/mol. The van der Waals surface area contributed by atoms with E-state index in [1.165, 1.54) is 18.9 Å². The number of benzene rings is 1. The summed E-state index contributed by atoms with van der Waals surface area (Å²) < 4.78 is 24.3. The summed E-state index contributed by atoms with van der Waals surface area (Å²) in [6.07, 6.45) is 3.35. The predicted molar refractivity (Wildman–Crippen MR) is 73.0 cm³/mol. The molecular weight excluding hydrogens is 245 g/mol. The fourth-order valence-corrected chi connectivity index (χ4v) is 2.76. The molecule has 0 aromatic heterocycles. The van der Waals surface area contributed by atoms with Crippen LogP contribution >= 0.6 is 0 Å². The summed E-state index contributed by atoms with van der Waals surface area (Å²) in [6.45, 7) is 2.37. The molecule has 1 atom stereocenters. The molecule has 4 heteroatoms. The molecule has 0 spiro atoms. The molecule has 0 aliphatic carbocycles. The van der Waals surface area contributed by atoms with E-state index in [1.54, 1.807) is 14.2 Å². The lowest BCUT2D eigenvalue weighted by molar-refractivity contribution is 0.177. The zero-order valence-electron chi connectivity index (χ0n) is 11.7. The number of piperidine rings is 1. The lowest BCUT2D eigenvalue weighted by Gasteiger charge is -2.24. The van der Waals surface area contributed by atoms with Gasteiger partial charge in [-0.1, -0.05) is 6.07 Å². The van der Waals surface area contributed by atoms with Crippen LogP contribution in [0.1, 0.15) is 24.0 Å². The van der Waals surface area contributed by atoms with Gasteiger partial charge in [0.2, 0.25) is 0 Å². The van der Waals surface area contributed by atoms with Crippen molar-refractivity contribution < 1.29 is 13.9 Å². The van der Waals surface area contributed by atoms with Crippen LogP contribution in [0, 0.1) is 11.7 Å². The summed E-state index contributed by atoms with van der Waals surface area (Å²) in [5.41, 5.74) is 1.59. The lowest BCUT2D eigenvalue weighted by atomic mass is 9.91. The molecule has 1 aromatic rings. The van der Waals surface area contributed by atoms with Gasteiger partial charge in [-0.25, -0.2) is 4.39 Å². The summed E-state index contributed by atoms with van der Waals surface area (Å²) in [5, 5.41) is 3.40. The third-order valence-corrected chi connectivity index (χ3v) is 3.69. The van der Waals surface area contributed by atoms with Crippen molar-refractivity contribution in [3.8, 4) is 5.75 Å². The van der Waals surface area contributed by atoms with Gasteiger partial charge in [-0.3, -0.25) is 0 Å². The highest BCUT2D eigenvalue weighted by atomic mass is 19.1. The minimum absolute atomic E-state index is 0.242. The van der Waals surface area contributed by atoms with Gasteiger partial charge in [0.05, 0.1) is 19.3 Å². The first-order valence-corrected chi connectivity index (χ1v) is 6.80. The van der Waals surface area contributed by atoms with E-state index in [1.807, 2.05) is 6.07 Å². The lowest BCUT2D eigenvalue weighted by Crippen LogP contribution is -2.31. The van der Waals surface area contributed by atoms with Gasteiger partial charge >= 0.3 is 0 Å². The molecule has 1 aliphatic heterocycles. The highest BCUT2D eigenvalue weighted by molar-refractivity contribution is 5.42. The van der Waals surface area contributed by atoms with Gasteiger partial charge in [-0.2, -0.15) is 0 Å². The second-order valence-corrected chi connectivity index (χ2v) is 5.07. The number of methoxy groups -OCH3 is 2. The number of hydrogen-bond donors (Lipinski definition) is 1. The van der Waals surface area contributed by atoms with E-state index in [0.29, 0.717) is 17.2 Å². The molecule has 106 valence electrons. The van der Waals surface area contributed by atoms with E-state index in [-0.39, 0.29) is 12.4 Å². The van der Waals surface area contributed by atoms with Crippen LogP contribution in [0.2, 0.25) is 0 Å². The average molecular weight is 267 g/mol. The third-order valence-electron chi connectivity index (χ3n) is 3.69. The van der Waals surface area contributed by atoms with E-state index in [9.17, 15) is 4.39 Å². The number of nitrogens with one attached hydrogen (secondary N) is 1. The Morgan fingerprint density at radius 2 is 2.21 bits per heavy atom. The van der Waals surface area contributed by atoms with Crippen molar-refractivity contribution in [2.45, 2.75) is 25.9 Å². The van der Waals surface area contributed by atoms with Crippen molar-refractivity contribution in [3.05, 3.63) is 29.1 Å². The Morgan fingerprint density at radius 1 is 1.37 bits per heavy atom. The predicted octanol–water partition coefficient (Wildman–Crippen LogP) is 2.52.